The van der Waals surface area contributed by atoms with Crippen molar-refractivity contribution in [3.05, 3.63) is 78.4 Å². The second-order valence-corrected chi connectivity index (χ2v) is 6.61. The molecule has 26 heavy (non-hydrogen) atoms. The van der Waals surface area contributed by atoms with Gasteiger partial charge in [-0.3, -0.25) is 4.79 Å². The Morgan fingerprint density at radius 3 is 2.81 bits per heavy atom. The molecule has 2 atom stereocenters. The Morgan fingerprint density at radius 2 is 2.04 bits per heavy atom. The van der Waals surface area contributed by atoms with Crippen LogP contribution >= 0.6 is 0 Å². The molecular weight excluding hydrogens is 326 g/mol. The highest BCUT2D eigenvalue weighted by Gasteiger charge is 2.26. The van der Waals surface area contributed by atoms with E-state index in [1.807, 2.05) is 66.2 Å². The third-order valence-corrected chi connectivity index (χ3v) is 4.80. The first-order valence-corrected chi connectivity index (χ1v) is 8.80. The number of imidazole rings is 1. The Morgan fingerprint density at radius 1 is 1.23 bits per heavy atom. The summed E-state index contributed by atoms with van der Waals surface area (Å²) in [7, 11) is 0. The van der Waals surface area contributed by atoms with Gasteiger partial charge in [-0.25, -0.2) is 4.98 Å². The maximum absolute atomic E-state index is 12.6. The number of carbonyl (C=O) groups is 1. The Balaban J connectivity index is 1.40. The van der Waals surface area contributed by atoms with E-state index < -0.39 is 0 Å². The van der Waals surface area contributed by atoms with Gasteiger partial charge in [-0.05, 0) is 42.7 Å². The lowest BCUT2D eigenvalue weighted by atomic mass is 9.95. The maximum Gasteiger partial charge on any atom is 0.227 e. The predicted molar refractivity (Wildman–Crippen MR) is 99.3 cm³/mol. The summed E-state index contributed by atoms with van der Waals surface area (Å²) in [6, 6.07) is 16.0. The van der Waals surface area contributed by atoms with Crippen LogP contribution in [0.1, 0.15) is 24.1 Å². The minimum Gasteiger partial charge on any atom is -0.492 e. The van der Waals surface area contributed by atoms with E-state index in [2.05, 4.69) is 10.3 Å². The summed E-state index contributed by atoms with van der Waals surface area (Å²) in [6.45, 7) is 2.43. The number of hydrogen-bond donors (Lipinski definition) is 1. The van der Waals surface area contributed by atoms with Crippen molar-refractivity contribution in [3.63, 3.8) is 0 Å². The highest BCUT2D eigenvalue weighted by Crippen LogP contribution is 2.27. The number of amides is 1. The number of rotatable bonds is 4. The third kappa shape index (κ3) is 3.33. The van der Waals surface area contributed by atoms with Gasteiger partial charge in [0.1, 0.15) is 12.4 Å². The van der Waals surface area contributed by atoms with Crippen molar-refractivity contribution in [2.75, 3.05) is 6.61 Å². The second-order valence-electron chi connectivity index (χ2n) is 6.61. The molecule has 2 heterocycles. The fourth-order valence-corrected chi connectivity index (χ4v) is 3.26. The molecule has 4 rings (SSSR count). The number of para-hydroxylation sites is 1. The molecule has 5 nitrogen and oxygen atoms in total. The van der Waals surface area contributed by atoms with Crippen LogP contribution in [0.15, 0.2) is 67.3 Å². The first-order valence-electron chi connectivity index (χ1n) is 8.80. The summed E-state index contributed by atoms with van der Waals surface area (Å²) in [5.41, 5.74) is 3.21. The van der Waals surface area contributed by atoms with Gasteiger partial charge in [0.05, 0.1) is 18.3 Å². The van der Waals surface area contributed by atoms with Crippen molar-refractivity contribution in [1.82, 2.24) is 14.9 Å². The highest BCUT2D eigenvalue weighted by molar-refractivity contribution is 5.80. The monoisotopic (exact) mass is 347 g/mol. The molecule has 0 fully saturated rings. The summed E-state index contributed by atoms with van der Waals surface area (Å²) in [5, 5.41) is 3.11. The number of carbonyl (C=O) groups excluding carboxylic acids is 1. The zero-order valence-electron chi connectivity index (χ0n) is 14.6. The van der Waals surface area contributed by atoms with Crippen LogP contribution in [-0.2, 0) is 11.2 Å². The maximum atomic E-state index is 12.6. The number of hydrogen-bond acceptors (Lipinski definition) is 3. The molecule has 1 N–H and O–H groups in total. The molecule has 0 radical (unpaired) electrons. The first kappa shape index (κ1) is 16.4. The average molecular weight is 347 g/mol. The highest BCUT2D eigenvalue weighted by atomic mass is 16.5. The number of benzene rings is 2. The topological polar surface area (TPSA) is 56.1 Å². The van der Waals surface area contributed by atoms with Crippen LogP contribution in [0.25, 0.3) is 5.69 Å². The van der Waals surface area contributed by atoms with E-state index in [4.69, 9.17) is 4.74 Å². The SMILES string of the molecule is C[C@@H](NC(=O)[C@H]1COc2ccccc2C1)c1ccc(-n2ccnc2)cc1. The van der Waals surface area contributed by atoms with E-state index in [0.717, 1.165) is 22.6 Å². The van der Waals surface area contributed by atoms with Crippen LogP contribution in [0.5, 0.6) is 5.75 Å². The summed E-state index contributed by atoms with van der Waals surface area (Å²) >= 11 is 0. The van der Waals surface area contributed by atoms with Gasteiger partial charge in [0.15, 0.2) is 0 Å². The van der Waals surface area contributed by atoms with E-state index in [-0.39, 0.29) is 17.9 Å². The van der Waals surface area contributed by atoms with E-state index in [1.54, 1.807) is 12.5 Å². The molecule has 0 spiro atoms. The standard InChI is InChI=1S/C21H21N3O2/c1-15(16-6-8-19(9-7-16)24-11-10-22-14-24)23-21(25)18-12-17-4-2-3-5-20(17)26-13-18/h2-11,14-15,18H,12-13H2,1H3,(H,23,25)/t15-,18-/m1/s1. The van der Waals surface area contributed by atoms with Crippen molar-refractivity contribution in [2.24, 2.45) is 5.92 Å². The number of ether oxygens (including phenoxy) is 1. The van der Waals surface area contributed by atoms with Crippen molar-refractivity contribution < 1.29 is 9.53 Å². The molecule has 1 aliphatic heterocycles. The van der Waals surface area contributed by atoms with Crippen LogP contribution in [0.2, 0.25) is 0 Å². The summed E-state index contributed by atoms with van der Waals surface area (Å²) in [5.74, 6) is 0.767. The molecule has 2 aromatic carbocycles. The van der Waals surface area contributed by atoms with Gasteiger partial charge in [0, 0.05) is 18.1 Å². The fraction of sp³-hybridized carbons (Fsp3) is 0.238. The number of aromatic nitrogens is 2. The molecular formula is C21H21N3O2. The van der Waals surface area contributed by atoms with Gasteiger partial charge in [-0.15, -0.1) is 0 Å². The zero-order chi connectivity index (χ0) is 17.9. The average Bonchev–Trinajstić information content (AvgIpc) is 3.22. The van der Waals surface area contributed by atoms with Gasteiger partial charge in [0.2, 0.25) is 5.91 Å². The Kier molecular flexibility index (Phi) is 4.44. The number of nitrogens with zero attached hydrogens (tertiary/aromatic N) is 2. The number of nitrogens with one attached hydrogen (secondary N) is 1. The molecule has 0 saturated heterocycles. The van der Waals surface area contributed by atoms with Crippen molar-refractivity contribution >= 4 is 5.91 Å². The minimum absolute atomic E-state index is 0.0330. The number of fused-ring (bicyclic) bond motifs is 1. The van der Waals surface area contributed by atoms with E-state index in [9.17, 15) is 4.79 Å². The third-order valence-electron chi connectivity index (χ3n) is 4.80. The van der Waals surface area contributed by atoms with Gasteiger partial charge < -0.3 is 14.6 Å². The van der Waals surface area contributed by atoms with Crippen LogP contribution < -0.4 is 10.1 Å². The quantitative estimate of drug-likeness (QED) is 0.788. The van der Waals surface area contributed by atoms with Gasteiger partial charge >= 0.3 is 0 Å². The Labute approximate surface area is 152 Å². The van der Waals surface area contributed by atoms with Crippen molar-refractivity contribution in [2.45, 2.75) is 19.4 Å². The van der Waals surface area contributed by atoms with Crippen molar-refractivity contribution in [1.29, 1.82) is 0 Å². The lowest BCUT2D eigenvalue weighted by molar-refractivity contribution is -0.126. The van der Waals surface area contributed by atoms with Crippen molar-refractivity contribution in [3.8, 4) is 11.4 Å². The normalized spacial score (nSPS) is 17.0. The molecule has 1 aliphatic rings. The molecule has 0 aliphatic carbocycles. The van der Waals surface area contributed by atoms with Crippen LogP contribution in [-0.4, -0.2) is 22.1 Å². The molecule has 0 saturated carbocycles. The second kappa shape index (κ2) is 7.04. The van der Waals surface area contributed by atoms with Gasteiger partial charge in [-0.1, -0.05) is 30.3 Å². The smallest absolute Gasteiger partial charge is 0.227 e. The Hall–Kier alpha value is -3.08. The van der Waals surface area contributed by atoms with Gasteiger partial charge in [0.25, 0.3) is 0 Å². The predicted octanol–water partition coefficient (Wildman–Crippen LogP) is 3.30. The zero-order valence-corrected chi connectivity index (χ0v) is 14.6. The van der Waals surface area contributed by atoms with Crippen LogP contribution in [0, 0.1) is 5.92 Å². The summed E-state index contributed by atoms with van der Waals surface area (Å²) in [4.78, 5) is 16.7. The van der Waals surface area contributed by atoms with Crippen LogP contribution in [0.4, 0.5) is 0 Å². The van der Waals surface area contributed by atoms with E-state index in [0.29, 0.717) is 13.0 Å². The lowest BCUT2D eigenvalue weighted by Crippen LogP contribution is -2.38. The van der Waals surface area contributed by atoms with Crippen LogP contribution in [0.3, 0.4) is 0 Å². The van der Waals surface area contributed by atoms with E-state index in [1.165, 1.54) is 0 Å². The lowest BCUT2D eigenvalue weighted by Gasteiger charge is -2.26. The molecule has 0 bridgehead atoms. The van der Waals surface area contributed by atoms with E-state index >= 15 is 0 Å². The summed E-state index contributed by atoms with van der Waals surface area (Å²) < 4.78 is 7.68. The first-order chi connectivity index (χ1) is 12.7. The molecule has 1 amide bonds. The largest absolute Gasteiger partial charge is 0.492 e. The molecule has 1 aromatic heterocycles. The van der Waals surface area contributed by atoms with Gasteiger partial charge in [-0.2, -0.15) is 0 Å². The fourth-order valence-electron chi connectivity index (χ4n) is 3.26. The molecule has 3 aromatic rings. The Bertz CT molecular complexity index is 888. The minimum atomic E-state index is -0.155. The molecule has 0 unspecified atom stereocenters. The molecule has 132 valence electrons. The molecule has 5 heteroatoms. The summed E-state index contributed by atoms with van der Waals surface area (Å²) in [6.07, 6.45) is 6.14.